The molecule has 2 rings (SSSR count). The first-order valence-electron chi connectivity index (χ1n) is 6.12. The molecule has 4 nitrogen and oxygen atoms in total. The third-order valence-electron chi connectivity index (χ3n) is 3.12. The topological polar surface area (TPSA) is 58.4 Å². The summed E-state index contributed by atoms with van der Waals surface area (Å²) < 4.78 is 0. The summed E-state index contributed by atoms with van der Waals surface area (Å²) in [6.45, 7) is 2.12. The molecule has 0 aliphatic carbocycles. The van der Waals surface area contributed by atoms with Crippen molar-refractivity contribution >= 4 is 40.6 Å². The van der Waals surface area contributed by atoms with Gasteiger partial charge in [0.1, 0.15) is 4.99 Å². The summed E-state index contributed by atoms with van der Waals surface area (Å²) in [5, 5.41) is 2.87. The van der Waals surface area contributed by atoms with Crippen LogP contribution in [0.3, 0.4) is 0 Å². The summed E-state index contributed by atoms with van der Waals surface area (Å²) in [7, 11) is 0. The number of anilines is 1. The van der Waals surface area contributed by atoms with E-state index in [0.717, 1.165) is 22.7 Å². The Balaban J connectivity index is 2.38. The van der Waals surface area contributed by atoms with Crippen LogP contribution in [0.5, 0.6) is 0 Å². The lowest BCUT2D eigenvalue weighted by Crippen LogP contribution is -2.30. The first-order valence-corrected chi connectivity index (χ1v) is 7.75. The number of hydrogen-bond acceptors (Lipinski definition) is 4. The average Bonchev–Trinajstić information content (AvgIpc) is 2.62. The molecule has 0 radical (unpaired) electrons. The van der Waals surface area contributed by atoms with Gasteiger partial charge in [0.15, 0.2) is 0 Å². The van der Waals surface area contributed by atoms with Crippen LogP contribution in [-0.2, 0) is 4.79 Å². The van der Waals surface area contributed by atoms with Gasteiger partial charge in [0.25, 0.3) is 0 Å². The third kappa shape index (κ3) is 3.19. The van der Waals surface area contributed by atoms with Gasteiger partial charge in [-0.15, -0.1) is 11.8 Å². The predicted octanol–water partition coefficient (Wildman–Crippen LogP) is 1.37. The minimum atomic E-state index is 0.0976. The van der Waals surface area contributed by atoms with E-state index in [0.29, 0.717) is 24.5 Å². The molecule has 1 aliphatic rings. The molecule has 1 fully saturated rings. The molecule has 1 heterocycles. The zero-order valence-electron chi connectivity index (χ0n) is 10.8. The summed E-state index contributed by atoms with van der Waals surface area (Å²) in [6.07, 6.45) is 2.51. The van der Waals surface area contributed by atoms with E-state index in [-0.39, 0.29) is 5.91 Å². The Kier molecular flexibility index (Phi) is 4.66. The fraction of sp³-hybridized carbons (Fsp3) is 0.385. The number of rotatable bonds is 3. The Hall–Kier alpha value is -1.27. The zero-order valence-corrected chi connectivity index (χ0v) is 12.4. The van der Waals surface area contributed by atoms with Crippen LogP contribution in [0.25, 0.3) is 0 Å². The van der Waals surface area contributed by atoms with Gasteiger partial charge in [-0.3, -0.25) is 4.79 Å². The van der Waals surface area contributed by atoms with Crippen molar-refractivity contribution in [3.05, 3.63) is 23.8 Å². The van der Waals surface area contributed by atoms with Crippen LogP contribution >= 0.6 is 24.0 Å². The number of nitrogens with zero attached hydrogens (tertiary/aromatic N) is 1. The van der Waals surface area contributed by atoms with Crippen LogP contribution in [0, 0.1) is 0 Å². The largest absolute Gasteiger partial charge is 0.389 e. The number of thiocarbonyl (C=S) groups is 1. The number of nitrogens with one attached hydrogen (secondary N) is 1. The Morgan fingerprint density at radius 3 is 2.95 bits per heavy atom. The molecule has 1 saturated heterocycles. The quantitative estimate of drug-likeness (QED) is 0.651. The van der Waals surface area contributed by atoms with Gasteiger partial charge in [-0.2, -0.15) is 0 Å². The minimum absolute atomic E-state index is 0.0976. The number of thioether (sulfide) groups is 1. The van der Waals surface area contributed by atoms with Gasteiger partial charge in [0, 0.05) is 42.2 Å². The Morgan fingerprint density at radius 1 is 1.47 bits per heavy atom. The molecular formula is C13H17N3OS2. The lowest BCUT2D eigenvalue weighted by atomic mass is 10.1. The standard InChI is InChI=1S/C13H17N3OS2/c1-19-10-4-2-3-9(12(10)13(14)18)16-7-5-11(17)15-6-8-16/h2-4H,5-8H2,1H3,(H2,14,18)(H,15,17). The Morgan fingerprint density at radius 2 is 2.26 bits per heavy atom. The fourth-order valence-corrected chi connectivity index (χ4v) is 3.12. The molecule has 1 amide bonds. The van der Waals surface area contributed by atoms with Crippen molar-refractivity contribution in [2.75, 3.05) is 30.8 Å². The van der Waals surface area contributed by atoms with E-state index >= 15 is 0 Å². The molecule has 1 aromatic carbocycles. The van der Waals surface area contributed by atoms with Gasteiger partial charge < -0.3 is 16.0 Å². The van der Waals surface area contributed by atoms with Gasteiger partial charge in [-0.25, -0.2) is 0 Å². The Bertz CT molecular complexity index is 505. The fourth-order valence-electron chi connectivity index (χ4n) is 2.21. The van der Waals surface area contributed by atoms with Crippen molar-refractivity contribution in [2.24, 2.45) is 5.73 Å². The number of nitrogens with two attached hydrogens (primary N) is 1. The van der Waals surface area contributed by atoms with E-state index in [4.69, 9.17) is 18.0 Å². The molecule has 0 saturated carbocycles. The van der Waals surface area contributed by atoms with Crippen molar-refractivity contribution in [1.82, 2.24) is 5.32 Å². The maximum absolute atomic E-state index is 11.4. The van der Waals surface area contributed by atoms with Crippen LogP contribution in [0.2, 0.25) is 0 Å². The summed E-state index contributed by atoms with van der Waals surface area (Å²) in [5.41, 5.74) is 7.81. The number of carbonyl (C=O) groups is 1. The van der Waals surface area contributed by atoms with Crippen LogP contribution in [0.1, 0.15) is 12.0 Å². The molecule has 1 aliphatic heterocycles. The van der Waals surface area contributed by atoms with E-state index in [1.165, 1.54) is 0 Å². The summed E-state index contributed by atoms with van der Waals surface area (Å²) >= 11 is 6.82. The zero-order chi connectivity index (χ0) is 13.8. The van der Waals surface area contributed by atoms with Gasteiger partial charge >= 0.3 is 0 Å². The van der Waals surface area contributed by atoms with Gasteiger partial charge in [0.2, 0.25) is 5.91 Å². The molecule has 0 spiro atoms. The van der Waals surface area contributed by atoms with Crippen LogP contribution in [0.15, 0.2) is 23.1 Å². The van der Waals surface area contributed by atoms with E-state index < -0.39 is 0 Å². The number of amides is 1. The van der Waals surface area contributed by atoms with Gasteiger partial charge in [0.05, 0.1) is 0 Å². The predicted molar refractivity (Wildman–Crippen MR) is 84.0 cm³/mol. The molecular weight excluding hydrogens is 278 g/mol. The maximum atomic E-state index is 11.4. The molecule has 19 heavy (non-hydrogen) atoms. The highest BCUT2D eigenvalue weighted by atomic mass is 32.2. The molecule has 3 N–H and O–H groups in total. The van der Waals surface area contributed by atoms with Crippen molar-refractivity contribution < 1.29 is 4.79 Å². The smallest absolute Gasteiger partial charge is 0.221 e. The molecule has 0 unspecified atom stereocenters. The van der Waals surface area contributed by atoms with Crippen molar-refractivity contribution in [3.63, 3.8) is 0 Å². The summed E-state index contributed by atoms with van der Waals surface area (Å²) in [6, 6.07) is 6.04. The molecule has 6 heteroatoms. The van der Waals surface area contributed by atoms with Crippen molar-refractivity contribution in [3.8, 4) is 0 Å². The van der Waals surface area contributed by atoms with E-state index in [9.17, 15) is 4.79 Å². The lowest BCUT2D eigenvalue weighted by Gasteiger charge is -2.25. The number of carbonyl (C=O) groups excluding carboxylic acids is 1. The molecule has 102 valence electrons. The van der Waals surface area contributed by atoms with Crippen molar-refractivity contribution in [2.45, 2.75) is 11.3 Å². The van der Waals surface area contributed by atoms with E-state index in [1.54, 1.807) is 11.8 Å². The molecule has 0 bridgehead atoms. The summed E-state index contributed by atoms with van der Waals surface area (Å²) in [4.78, 5) is 15.1. The normalized spacial score (nSPS) is 15.8. The second-order valence-corrected chi connectivity index (χ2v) is 5.59. The molecule has 0 atom stereocenters. The van der Waals surface area contributed by atoms with Crippen LogP contribution in [0.4, 0.5) is 5.69 Å². The Labute approximate surface area is 122 Å². The highest BCUT2D eigenvalue weighted by molar-refractivity contribution is 7.98. The highest BCUT2D eigenvalue weighted by Gasteiger charge is 2.19. The van der Waals surface area contributed by atoms with Crippen LogP contribution < -0.4 is 16.0 Å². The second kappa shape index (κ2) is 6.25. The van der Waals surface area contributed by atoms with E-state index in [2.05, 4.69) is 10.2 Å². The highest BCUT2D eigenvalue weighted by Crippen LogP contribution is 2.30. The molecule has 0 aromatic heterocycles. The molecule has 1 aromatic rings. The summed E-state index contributed by atoms with van der Waals surface area (Å²) in [5.74, 6) is 0.0976. The number of hydrogen-bond donors (Lipinski definition) is 2. The monoisotopic (exact) mass is 295 g/mol. The van der Waals surface area contributed by atoms with Crippen molar-refractivity contribution in [1.29, 1.82) is 0 Å². The van der Waals surface area contributed by atoms with Gasteiger partial charge in [-0.1, -0.05) is 18.3 Å². The number of benzene rings is 1. The first kappa shape index (κ1) is 14.1. The first-order chi connectivity index (χ1) is 9.13. The van der Waals surface area contributed by atoms with E-state index in [1.807, 2.05) is 24.5 Å². The lowest BCUT2D eigenvalue weighted by molar-refractivity contribution is -0.120. The second-order valence-electron chi connectivity index (χ2n) is 4.31. The minimum Gasteiger partial charge on any atom is -0.389 e. The van der Waals surface area contributed by atoms with Crippen LogP contribution in [-0.4, -0.2) is 36.8 Å². The average molecular weight is 295 g/mol. The maximum Gasteiger partial charge on any atom is 0.221 e. The third-order valence-corrected chi connectivity index (χ3v) is 4.11. The van der Waals surface area contributed by atoms with Gasteiger partial charge in [-0.05, 0) is 18.4 Å². The SMILES string of the molecule is CSc1cccc(N2CCNC(=O)CC2)c1C(N)=S.